The zero-order valence-corrected chi connectivity index (χ0v) is 18.1. The Kier molecular flexibility index (Phi) is 5.39. The van der Waals surface area contributed by atoms with Crippen LogP contribution in [-0.2, 0) is 11.3 Å². The molecule has 2 heterocycles. The third kappa shape index (κ3) is 3.86. The number of aromatic nitrogens is 4. The van der Waals surface area contributed by atoms with Gasteiger partial charge in [-0.2, -0.15) is 0 Å². The van der Waals surface area contributed by atoms with E-state index in [9.17, 15) is 9.59 Å². The molecule has 0 aliphatic heterocycles. The van der Waals surface area contributed by atoms with Gasteiger partial charge in [-0.15, -0.1) is 0 Å². The van der Waals surface area contributed by atoms with Crippen molar-refractivity contribution < 1.29 is 4.74 Å². The second-order valence-corrected chi connectivity index (χ2v) is 8.45. The van der Waals surface area contributed by atoms with Crippen LogP contribution >= 0.6 is 0 Å². The van der Waals surface area contributed by atoms with Crippen molar-refractivity contribution in [1.29, 1.82) is 0 Å². The Balaban J connectivity index is 0.000000199. The molecule has 2 bridgehead atoms. The summed E-state index contributed by atoms with van der Waals surface area (Å²) < 4.78 is 7.06. The molecule has 3 aromatic rings. The molecule has 0 unspecified atom stereocenters. The molecule has 1 aromatic carbocycles. The monoisotopic (exact) mass is 430 g/mol. The number of nitrogens with zero attached hydrogens (tertiary/aromatic N) is 2. The van der Waals surface area contributed by atoms with Gasteiger partial charge in [-0.25, -0.2) is 9.78 Å². The van der Waals surface area contributed by atoms with E-state index in [1.54, 1.807) is 7.11 Å². The van der Waals surface area contributed by atoms with E-state index >= 15 is 0 Å². The fourth-order valence-electron chi connectivity index (χ4n) is 4.78. The summed E-state index contributed by atoms with van der Waals surface area (Å²) in [5.41, 5.74) is 3.76. The summed E-state index contributed by atoms with van der Waals surface area (Å²) in [6, 6.07) is 10.00. The lowest BCUT2D eigenvalue weighted by Crippen LogP contribution is -2.23. The molecule has 164 valence electrons. The topological polar surface area (TPSA) is 92.8 Å². The van der Waals surface area contributed by atoms with E-state index in [4.69, 9.17) is 4.74 Å². The van der Waals surface area contributed by atoms with Crippen LogP contribution in [0.1, 0.15) is 49.4 Å². The number of nitrogens with one attached hydrogen (secondary N) is 2. The molecule has 2 N–H and O–H groups in total. The predicted molar refractivity (Wildman–Crippen MR) is 124 cm³/mol. The molecular weight excluding hydrogens is 404 g/mol. The normalized spacial score (nSPS) is 17.1. The van der Waals surface area contributed by atoms with E-state index in [1.807, 2.05) is 34.9 Å². The largest absolute Gasteiger partial charge is 0.496 e. The zero-order valence-electron chi connectivity index (χ0n) is 18.1. The maximum absolute atomic E-state index is 12.3. The van der Waals surface area contributed by atoms with Crippen LogP contribution in [0.25, 0.3) is 11.2 Å². The first-order valence-corrected chi connectivity index (χ1v) is 11.0. The van der Waals surface area contributed by atoms with Gasteiger partial charge in [-0.1, -0.05) is 55.3 Å². The number of fused-ring (bicyclic) bond motifs is 3. The third-order valence-corrected chi connectivity index (χ3v) is 6.32. The van der Waals surface area contributed by atoms with E-state index in [0.29, 0.717) is 23.6 Å². The fraction of sp³-hybridized carbons (Fsp3) is 0.320. The van der Waals surface area contributed by atoms with Crippen molar-refractivity contribution in [1.82, 2.24) is 19.5 Å². The maximum atomic E-state index is 12.3. The number of hydrogen-bond donors (Lipinski definition) is 2. The Bertz CT molecular complexity index is 1350. The van der Waals surface area contributed by atoms with Gasteiger partial charge in [0, 0.05) is 18.9 Å². The maximum Gasteiger partial charge on any atom is 0.327 e. The quantitative estimate of drug-likeness (QED) is 0.656. The number of H-pyrrole nitrogens is 2. The minimum absolute atomic E-state index is 0.356. The second kappa shape index (κ2) is 8.49. The fourth-order valence-corrected chi connectivity index (χ4v) is 4.78. The highest BCUT2D eigenvalue weighted by Crippen LogP contribution is 2.35. The lowest BCUT2D eigenvalue weighted by Gasteiger charge is -2.13. The number of imidazole rings is 1. The van der Waals surface area contributed by atoms with Crippen molar-refractivity contribution in [2.45, 2.75) is 44.6 Å². The van der Waals surface area contributed by atoms with Crippen LogP contribution in [0.5, 0.6) is 0 Å². The first kappa shape index (κ1) is 20.3. The van der Waals surface area contributed by atoms with Gasteiger partial charge in [0.25, 0.3) is 5.56 Å². The highest BCUT2D eigenvalue weighted by Gasteiger charge is 2.25. The van der Waals surface area contributed by atoms with Crippen molar-refractivity contribution in [2.24, 2.45) is 0 Å². The molecule has 0 amide bonds. The van der Waals surface area contributed by atoms with Gasteiger partial charge in [0.05, 0.1) is 7.11 Å². The molecule has 7 nitrogen and oxygen atoms in total. The Labute approximate surface area is 185 Å². The molecular formula is C25H26N4O3. The van der Waals surface area contributed by atoms with Crippen LogP contribution in [0.15, 0.2) is 75.1 Å². The summed E-state index contributed by atoms with van der Waals surface area (Å²) in [6.45, 7) is 0.582. The summed E-state index contributed by atoms with van der Waals surface area (Å²) in [5.74, 6) is 2.32. The van der Waals surface area contributed by atoms with Crippen molar-refractivity contribution in [2.75, 3.05) is 7.11 Å². The molecule has 3 aliphatic rings. The van der Waals surface area contributed by atoms with Gasteiger partial charge in [0.15, 0.2) is 11.2 Å². The molecule has 2 aromatic heterocycles. The lowest BCUT2D eigenvalue weighted by molar-refractivity contribution is 0.305. The number of allylic oxidation sites excluding steroid dienone is 5. The number of methoxy groups -OCH3 is 1. The van der Waals surface area contributed by atoms with Crippen LogP contribution in [0.4, 0.5) is 0 Å². The summed E-state index contributed by atoms with van der Waals surface area (Å²) >= 11 is 0. The van der Waals surface area contributed by atoms with Crippen molar-refractivity contribution in [3.05, 3.63) is 97.7 Å². The molecule has 6 rings (SSSR count). The molecule has 1 fully saturated rings. The molecule has 7 heteroatoms. The van der Waals surface area contributed by atoms with E-state index < -0.39 is 5.69 Å². The van der Waals surface area contributed by atoms with Crippen LogP contribution in [0.3, 0.4) is 0 Å². The minimum atomic E-state index is -0.509. The number of aromatic amines is 2. The Morgan fingerprint density at radius 2 is 1.88 bits per heavy atom. The van der Waals surface area contributed by atoms with Crippen LogP contribution in [-0.4, -0.2) is 26.6 Å². The van der Waals surface area contributed by atoms with Gasteiger partial charge in [0.2, 0.25) is 0 Å². The molecule has 0 radical (unpaired) electrons. The van der Waals surface area contributed by atoms with Crippen LogP contribution in [0.2, 0.25) is 0 Å². The number of benzene rings is 1. The number of rotatable bonds is 4. The molecule has 3 aliphatic carbocycles. The van der Waals surface area contributed by atoms with Crippen molar-refractivity contribution >= 4 is 11.2 Å². The predicted octanol–water partition coefficient (Wildman–Crippen LogP) is 3.91. The minimum Gasteiger partial charge on any atom is -0.496 e. The molecule has 0 atom stereocenters. The van der Waals surface area contributed by atoms with E-state index in [-0.39, 0.29) is 5.56 Å². The lowest BCUT2D eigenvalue weighted by atomic mass is 10.1. The standard InChI is InChI=1S/C17H18N4O2.C8H8O/c22-16-13-14(19-17(23)20-16)18-15(12-8-4-5-9-12)21(13)10-11-6-2-1-3-7-11;1-9-8-5-6-2-3-7(8)4-6/h1-3,6-7,12H,4-5,8-10H2,(H2,19,20,22,23);2-3,5H,4H2,1H3. The summed E-state index contributed by atoms with van der Waals surface area (Å²) in [6.07, 6.45) is 12.0. The summed E-state index contributed by atoms with van der Waals surface area (Å²) in [5, 5.41) is 0. The summed E-state index contributed by atoms with van der Waals surface area (Å²) in [4.78, 5) is 33.4. The van der Waals surface area contributed by atoms with E-state index in [0.717, 1.165) is 36.4 Å². The zero-order chi connectivity index (χ0) is 22.1. The average molecular weight is 431 g/mol. The van der Waals surface area contributed by atoms with E-state index in [1.165, 1.54) is 24.0 Å². The Morgan fingerprint density at radius 1 is 1.09 bits per heavy atom. The van der Waals surface area contributed by atoms with Gasteiger partial charge in [0.1, 0.15) is 11.6 Å². The second-order valence-electron chi connectivity index (χ2n) is 8.45. The van der Waals surface area contributed by atoms with Crippen molar-refractivity contribution in [3.8, 4) is 0 Å². The summed E-state index contributed by atoms with van der Waals surface area (Å²) in [7, 11) is 1.72. The average Bonchev–Trinajstić information content (AvgIpc) is 3.59. The first-order valence-electron chi connectivity index (χ1n) is 11.0. The van der Waals surface area contributed by atoms with Gasteiger partial charge >= 0.3 is 5.69 Å². The van der Waals surface area contributed by atoms with Crippen molar-refractivity contribution in [3.63, 3.8) is 0 Å². The molecule has 0 saturated heterocycles. The third-order valence-electron chi connectivity index (χ3n) is 6.32. The highest BCUT2D eigenvalue weighted by molar-refractivity contribution is 5.70. The highest BCUT2D eigenvalue weighted by atomic mass is 16.5. The van der Waals surface area contributed by atoms with Gasteiger partial charge in [-0.05, 0) is 35.6 Å². The van der Waals surface area contributed by atoms with Crippen LogP contribution < -0.4 is 11.2 Å². The molecule has 1 saturated carbocycles. The Hall–Kier alpha value is -3.61. The molecule has 32 heavy (non-hydrogen) atoms. The SMILES string of the molecule is COC1=C2C=CC(=C1)C2.O=c1[nH]c(=O)c2c(nc(C3CCCC3)n2Cc2ccccc2)[nH]1. The molecule has 0 spiro atoms. The number of ether oxygens (including phenoxy) is 1. The van der Waals surface area contributed by atoms with Gasteiger partial charge < -0.3 is 9.30 Å². The first-order chi connectivity index (χ1) is 15.6. The van der Waals surface area contributed by atoms with Crippen LogP contribution in [0, 0.1) is 0 Å². The Morgan fingerprint density at radius 3 is 2.50 bits per heavy atom. The van der Waals surface area contributed by atoms with E-state index in [2.05, 4.69) is 33.2 Å². The number of hydrogen-bond acceptors (Lipinski definition) is 4. The van der Waals surface area contributed by atoms with Gasteiger partial charge in [-0.3, -0.25) is 14.8 Å². The smallest absolute Gasteiger partial charge is 0.327 e.